The summed E-state index contributed by atoms with van der Waals surface area (Å²) in [7, 11) is -1.42. The monoisotopic (exact) mass is 768 g/mol. The molecule has 0 bridgehead atoms. The second-order valence-electron chi connectivity index (χ2n) is 12.5. The van der Waals surface area contributed by atoms with Gasteiger partial charge in [0, 0.05) is 68.8 Å². The molecule has 14 heteroatoms. The molecule has 0 atom stereocenters. The summed E-state index contributed by atoms with van der Waals surface area (Å²) in [4.78, 5) is 16.7. The van der Waals surface area contributed by atoms with Crippen LogP contribution < -0.4 is 20.3 Å². The van der Waals surface area contributed by atoms with E-state index >= 15 is 0 Å². The van der Waals surface area contributed by atoms with E-state index in [-0.39, 0.29) is 6.61 Å². The van der Waals surface area contributed by atoms with Gasteiger partial charge in [0.1, 0.15) is 18.2 Å². The Labute approximate surface area is 301 Å². The maximum absolute atomic E-state index is 12.7. The molecule has 0 amide bonds. The number of allylic oxidation sites excluding steroid dienone is 1. The van der Waals surface area contributed by atoms with Gasteiger partial charge in [0.15, 0.2) is 0 Å². The Bertz CT molecular complexity index is 1950. The average Bonchev–Trinajstić information content (AvgIpc) is 3.55. The van der Waals surface area contributed by atoms with Crippen LogP contribution in [0.15, 0.2) is 72.5 Å². The van der Waals surface area contributed by atoms with Crippen molar-refractivity contribution in [2.75, 3.05) is 74.7 Å². The first-order chi connectivity index (χ1) is 23.5. The molecule has 2 aromatic carbocycles. The number of piperazine rings is 1. The van der Waals surface area contributed by atoms with Crippen LogP contribution in [-0.2, 0) is 16.4 Å². The van der Waals surface area contributed by atoms with Crippen molar-refractivity contribution < 1.29 is 13.2 Å². The molecule has 260 valence electrons. The van der Waals surface area contributed by atoms with Gasteiger partial charge in [0.25, 0.3) is 0 Å². The molecule has 4 heterocycles. The van der Waals surface area contributed by atoms with Gasteiger partial charge in [-0.25, -0.2) is 17.4 Å². The van der Waals surface area contributed by atoms with E-state index in [2.05, 4.69) is 72.5 Å². The predicted molar refractivity (Wildman–Crippen MR) is 204 cm³/mol. The van der Waals surface area contributed by atoms with Gasteiger partial charge in [0.2, 0.25) is 16.0 Å². The van der Waals surface area contributed by atoms with Crippen LogP contribution in [0.25, 0.3) is 10.9 Å². The summed E-state index contributed by atoms with van der Waals surface area (Å²) < 4.78 is 33.0. The quantitative estimate of drug-likeness (QED) is 0.152. The topological polar surface area (TPSA) is 108 Å². The van der Waals surface area contributed by atoms with Crippen molar-refractivity contribution in [3.63, 3.8) is 0 Å². The number of nitrogens with zero attached hydrogens (tertiary/aromatic N) is 6. The molecule has 0 spiro atoms. The van der Waals surface area contributed by atoms with Crippen molar-refractivity contribution in [2.24, 2.45) is 0 Å². The van der Waals surface area contributed by atoms with E-state index in [0.717, 1.165) is 69.6 Å². The van der Waals surface area contributed by atoms with E-state index < -0.39 is 10.0 Å². The lowest BCUT2D eigenvalue weighted by Crippen LogP contribution is -2.52. The smallest absolute Gasteiger partial charge is 0.236 e. The average molecular weight is 770 g/mol. The summed E-state index contributed by atoms with van der Waals surface area (Å²) in [6, 6.07) is 9.96. The van der Waals surface area contributed by atoms with Crippen molar-refractivity contribution in [1.29, 1.82) is 0 Å². The van der Waals surface area contributed by atoms with Crippen LogP contribution in [0.1, 0.15) is 18.4 Å². The molecule has 2 aromatic heterocycles. The minimum Gasteiger partial charge on any atom is -0.489 e. The third-order valence-corrected chi connectivity index (χ3v) is 11.0. The first-order valence-electron chi connectivity index (χ1n) is 16.3. The molecule has 0 saturated carbocycles. The number of likely N-dealkylation sites (N-methyl/N-ethyl adjacent to an activating group) is 1. The molecular formula is C35H42BrClN8O3S. The minimum absolute atomic E-state index is 0.284. The molecule has 2 aliphatic rings. The van der Waals surface area contributed by atoms with Crippen LogP contribution in [0.2, 0.25) is 5.02 Å². The fourth-order valence-electron chi connectivity index (χ4n) is 6.60. The summed E-state index contributed by atoms with van der Waals surface area (Å²) in [5.41, 5.74) is 3.89. The van der Waals surface area contributed by atoms with Gasteiger partial charge in [-0.1, -0.05) is 30.3 Å². The Hall–Kier alpha value is -3.62. The molecule has 6 rings (SSSR count). The van der Waals surface area contributed by atoms with Crippen molar-refractivity contribution in [1.82, 2.24) is 23.7 Å². The number of ether oxygens (including phenoxy) is 1. The number of benzene rings is 2. The van der Waals surface area contributed by atoms with E-state index in [1.165, 1.54) is 10.2 Å². The molecule has 4 aromatic rings. The van der Waals surface area contributed by atoms with E-state index in [4.69, 9.17) is 21.3 Å². The van der Waals surface area contributed by atoms with E-state index in [0.29, 0.717) is 61.8 Å². The van der Waals surface area contributed by atoms with E-state index in [9.17, 15) is 8.42 Å². The Morgan fingerprint density at radius 2 is 1.80 bits per heavy atom. The SMILES string of the molecule is C=CCOc1ccc(Nc2nc(Nc3cc(CC=C)c(N4CCC(N5CCN(C)CC5)CC4)cc3Cl)ncc2Br)c2c1ccn2S(C)(=O)=O. The highest BCUT2D eigenvalue weighted by Gasteiger charge is 2.28. The normalized spacial score (nSPS) is 16.5. The van der Waals surface area contributed by atoms with Crippen LogP contribution in [0.3, 0.4) is 0 Å². The second-order valence-corrected chi connectivity index (χ2v) is 15.6. The maximum atomic E-state index is 12.7. The first-order valence-corrected chi connectivity index (χ1v) is 19.3. The number of anilines is 5. The molecule has 2 fully saturated rings. The zero-order chi connectivity index (χ0) is 34.7. The molecule has 11 nitrogen and oxygen atoms in total. The summed E-state index contributed by atoms with van der Waals surface area (Å²) in [5.74, 6) is 1.29. The molecule has 2 aliphatic heterocycles. The molecule has 49 heavy (non-hydrogen) atoms. The number of hydrogen-bond donors (Lipinski definition) is 2. The highest BCUT2D eigenvalue weighted by molar-refractivity contribution is 9.10. The number of rotatable bonds is 12. The lowest BCUT2D eigenvalue weighted by molar-refractivity contribution is 0.0982. The zero-order valence-corrected chi connectivity index (χ0v) is 31.0. The third-order valence-electron chi connectivity index (χ3n) is 9.12. The summed E-state index contributed by atoms with van der Waals surface area (Å²) >= 11 is 10.5. The van der Waals surface area contributed by atoms with Gasteiger partial charge in [-0.2, -0.15) is 4.98 Å². The largest absolute Gasteiger partial charge is 0.489 e. The third kappa shape index (κ3) is 7.91. The fraction of sp³-hybridized carbons (Fsp3) is 0.371. The van der Waals surface area contributed by atoms with Crippen LogP contribution >= 0.6 is 27.5 Å². The molecule has 2 N–H and O–H groups in total. The molecule has 0 unspecified atom stereocenters. The van der Waals surface area contributed by atoms with Gasteiger partial charge in [-0.05, 0) is 78.1 Å². The Morgan fingerprint density at radius 1 is 1.04 bits per heavy atom. The van der Waals surface area contributed by atoms with Gasteiger partial charge >= 0.3 is 0 Å². The van der Waals surface area contributed by atoms with Crippen molar-refractivity contribution in [3.8, 4) is 5.75 Å². The number of fused-ring (bicyclic) bond motifs is 1. The number of hydrogen-bond acceptors (Lipinski definition) is 10. The molecule has 2 saturated heterocycles. The maximum Gasteiger partial charge on any atom is 0.236 e. The fourth-order valence-corrected chi connectivity index (χ4v) is 7.90. The summed E-state index contributed by atoms with van der Waals surface area (Å²) in [6.07, 6.45) is 10.8. The minimum atomic E-state index is -3.62. The van der Waals surface area contributed by atoms with Crippen LogP contribution in [0.4, 0.5) is 28.8 Å². The van der Waals surface area contributed by atoms with Crippen LogP contribution in [0.5, 0.6) is 5.75 Å². The Kier molecular flexibility index (Phi) is 10.8. The number of piperidine rings is 1. The lowest BCUT2D eigenvalue weighted by atomic mass is 9.99. The lowest BCUT2D eigenvalue weighted by Gasteiger charge is -2.43. The number of nitrogens with one attached hydrogen (secondary N) is 2. The first kappa shape index (κ1) is 35.2. The number of halogens is 2. The zero-order valence-electron chi connectivity index (χ0n) is 27.8. The standard InChI is InChI=1S/C35H42BrClN8O3S/c1-5-7-24-21-30(28(37)22-31(24)44-13-10-25(11-14-44)43-18-16-42(3)17-19-43)40-35-38-23-27(36)34(41-35)39-29-8-9-32(48-20-6-2)26-12-15-45(33(26)29)49(4,46)47/h5-6,8-9,12,15,21-23,25H,1-2,7,10-11,13-14,16-20H2,3-4H3,(H2,38,39,40,41). The van der Waals surface area contributed by atoms with Gasteiger partial charge in [0.05, 0.1) is 32.6 Å². The van der Waals surface area contributed by atoms with Crippen LogP contribution in [0, 0.1) is 0 Å². The van der Waals surface area contributed by atoms with E-state index in [1.54, 1.807) is 30.5 Å². The number of aromatic nitrogens is 3. The molecular weight excluding hydrogens is 728 g/mol. The van der Waals surface area contributed by atoms with Crippen molar-refractivity contribution >= 4 is 77.3 Å². The molecule has 0 aliphatic carbocycles. The highest BCUT2D eigenvalue weighted by Crippen LogP contribution is 2.38. The van der Waals surface area contributed by atoms with Crippen LogP contribution in [-0.4, -0.2) is 97.4 Å². The van der Waals surface area contributed by atoms with Crippen molar-refractivity contribution in [3.05, 3.63) is 83.1 Å². The highest BCUT2D eigenvalue weighted by atomic mass is 79.9. The molecule has 0 radical (unpaired) electrons. The second kappa shape index (κ2) is 15.1. The Balaban J connectivity index is 1.23. The van der Waals surface area contributed by atoms with Gasteiger partial charge in [-0.15, -0.1) is 6.58 Å². The predicted octanol–water partition coefficient (Wildman–Crippen LogP) is 6.65. The summed E-state index contributed by atoms with van der Waals surface area (Å²) in [6.45, 7) is 14.5. The van der Waals surface area contributed by atoms with E-state index in [1.807, 2.05) is 12.1 Å². The van der Waals surface area contributed by atoms with Gasteiger partial charge < -0.3 is 25.2 Å². The summed E-state index contributed by atoms with van der Waals surface area (Å²) in [5, 5.41) is 7.79. The Morgan fingerprint density at radius 3 is 2.49 bits per heavy atom. The van der Waals surface area contributed by atoms with Gasteiger partial charge in [-0.3, -0.25) is 4.90 Å². The van der Waals surface area contributed by atoms with Crippen molar-refractivity contribution in [2.45, 2.75) is 25.3 Å².